The second-order valence-electron chi connectivity index (χ2n) is 6.93. The van der Waals surface area contributed by atoms with Gasteiger partial charge in [-0.05, 0) is 31.2 Å². The van der Waals surface area contributed by atoms with Crippen molar-refractivity contribution in [3.8, 4) is 0 Å². The van der Waals surface area contributed by atoms with E-state index in [0.717, 1.165) is 22.3 Å². The number of carbonyl (C=O) groups is 1. The van der Waals surface area contributed by atoms with Crippen molar-refractivity contribution in [2.45, 2.75) is 6.92 Å². The van der Waals surface area contributed by atoms with Crippen molar-refractivity contribution in [2.24, 2.45) is 0 Å². The van der Waals surface area contributed by atoms with E-state index in [1.165, 1.54) is 24.3 Å². The Balaban J connectivity index is 1.41. The summed E-state index contributed by atoms with van der Waals surface area (Å²) in [6.45, 7) is 4.46. The number of anilines is 2. The number of urea groups is 1. The van der Waals surface area contributed by atoms with Crippen LogP contribution in [0.1, 0.15) is 5.56 Å². The van der Waals surface area contributed by atoms with Crippen molar-refractivity contribution < 1.29 is 9.72 Å². The van der Waals surface area contributed by atoms with E-state index in [1.54, 1.807) is 11.2 Å². The van der Waals surface area contributed by atoms with Crippen molar-refractivity contribution in [3.63, 3.8) is 0 Å². The number of amides is 2. The van der Waals surface area contributed by atoms with Crippen molar-refractivity contribution in [2.75, 3.05) is 36.4 Å². The molecule has 1 saturated heterocycles. The summed E-state index contributed by atoms with van der Waals surface area (Å²) in [6.07, 6.45) is 1.57. The fourth-order valence-electron chi connectivity index (χ4n) is 3.40. The number of aromatic nitrogens is 2. The third kappa shape index (κ3) is 3.93. The van der Waals surface area contributed by atoms with Gasteiger partial charge in [-0.25, -0.2) is 14.8 Å². The molecule has 2 heterocycles. The minimum absolute atomic E-state index is 0.0103. The number of hydrogen-bond acceptors (Lipinski definition) is 6. The number of carbonyl (C=O) groups excluding carboxylic acids is 1. The van der Waals surface area contributed by atoms with E-state index in [-0.39, 0.29) is 11.7 Å². The zero-order valence-electron chi connectivity index (χ0n) is 15.9. The maximum absolute atomic E-state index is 12.5. The van der Waals surface area contributed by atoms with Gasteiger partial charge >= 0.3 is 6.03 Å². The molecule has 0 saturated carbocycles. The van der Waals surface area contributed by atoms with Crippen LogP contribution in [0.3, 0.4) is 0 Å². The van der Waals surface area contributed by atoms with Crippen molar-refractivity contribution in [1.29, 1.82) is 0 Å². The first-order valence-electron chi connectivity index (χ1n) is 9.28. The van der Waals surface area contributed by atoms with E-state index in [0.29, 0.717) is 31.9 Å². The quantitative estimate of drug-likeness (QED) is 0.542. The van der Waals surface area contributed by atoms with Gasteiger partial charge in [-0.15, -0.1) is 0 Å². The predicted molar refractivity (Wildman–Crippen MR) is 110 cm³/mol. The lowest BCUT2D eigenvalue weighted by Gasteiger charge is -2.35. The molecule has 2 aromatic carbocycles. The number of piperazine rings is 1. The van der Waals surface area contributed by atoms with Gasteiger partial charge in [0.15, 0.2) is 0 Å². The number of nitrogens with one attached hydrogen (secondary N) is 1. The van der Waals surface area contributed by atoms with E-state index >= 15 is 0 Å². The zero-order chi connectivity index (χ0) is 20.4. The molecule has 0 unspecified atom stereocenters. The van der Waals surface area contributed by atoms with Gasteiger partial charge in [0, 0.05) is 49.4 Å². The Morgan fingerprint density at radius 3 is 2.48 bits per heavy atom. The highest BCUT2D eigenvalue weighted by molar-refractivity contribution is 5.91. The van der Waals surface area contributed by atoms with Crippen LogP contribution in [0.25, 0.3) is 10.9 Å². The van der Waals surface area contributed by atoms with Crippen LogP contribution in [0.5, 0.6) is 0 Å². The number of nitro groups is 1. The molecule has 1 aliphatic rings. The topological polar surface area (TPSA) is 104 Å². The van der Waals surface area contributed by atoms with Crippen molar-refractivity contribution in [3.05, 3.63) is 64.5 Å². The summed E-state index contributed by atoms with van der Waals surface area (Å²) in [5, 5.41) is 14.5. The van der Waals surface area contributed by atoms with Crippen LogP contribution in [0.15, 0.2) is 48.8 Å². The van der Waals surface area contributed by atoms with Crippen LogP contribution in [0.4, 0.5) is 22.0 Å². The molecule has 0 aliphatic carbocycles. The number of nitrogens with zero attached hydrogens (tertiary/aromatic N) is 5. The minimum Gasteiger partial charge on any atom is -0.352 e. The Bertz CT molecular complexity index is 1060. The third-order valence-electron chi connectivity index (χ3n) is 4.97. The van der Waals surface area contributed by atoms with Crippen LogP contribution in [0.2, 0.25) is 0 Å². The molecular formula is C20H20N6O3. The van der Waals surface area contributed by atoms with Gasteiger partial charge < -0.3 is 15.1 Å². The summed E-state index contributed by atoms with van der Waals surface area (Å²) in [5.41, 5.74) is 2.57. The minimum atomic E-state index is -0.469. The highest BCUT2D eigenvalue weighted by atomic mass is 16.6. The Morgan fingerprint density at radius 2 is 1.79 bits per heavy atom. The SMILES string of the molecule is Cc1ccc2ncnc(N3CCN(C(=O)Nc4ccc([N+](=O)[O-])cc4)CC3)c2c1. The van der Waals surface area contributed by atoms with Gasteiger partial charge in [0.25, 0.3) is 5.69 Å². The number of fused-ring (bicyclic) bond motifs is 1. The molecule has 9 nitrogen and oxygen atoms in total. The molecule has 3 aromatic rings. The van der Waals surface area contributed by atoms with E-state index in [2.05, 4.69) is 26.3 Å². The average molecular weight is 392 g/mol. The molecular weight excluding hydrogens is 372 g/mol. The maximum Gasteiger partial charge on any atom is 0.321 e. The third-order valence-corrected chi connectivity index (χ3v) is 4.97. The summed E-state index contributed by atoms with van der Waals surface area (Å²) in [5.74, 6) is 0.883. The first-order chi connectivity index (χ1) is 14.0. The molecule has 29 heavy (non-hydrogen) atoms. The van der Waals surface area contributed by atoms with Crippen molar-refractivity contribution in [1.82, 2.24) is 14.9 Å². The monoisotopic (exact) mass is 392 g/mol. The molecule has 1 fully saturated rings. The molecule has 0 atom stereocenters. The molecule has 0 spiro atoms. The van der Waals surface area contributed by atoms with Gasteiger partial charge in [-0.2, -0.15) is 0 Å². The van der Waals surface area contributed by atoms with Gasteiger partial charge in [-0.3, -0.25) is 10.1 Å². The number of nitro benzene ring substituents is 1. The van der Waals surface area contributed by atoms with Gasteiger partial charge in [0.2, 0.25) is 0 Å². The summed E-state index contributed by atoms with van der Waals surface area (Å²) in [7, 11) is 0. The van der Waals surface area contributed by atoms with E-state index in [9.17, 15) is 14.9 Å². The highest BCUT2D eigenvalue weighted by Crippen LogP contribution is 2.25. The number of non-ortho nitro benzene ring substituents is 1. The normalized spacial score (nSPS) is 14.1. The summed E-state index contributed by atoms with van der Waals surface area (Å²) >= 11 is 0. The lowest BCUT2D eigenvalue weighted by Crippen LogP contribution is -2.50. The molecule has 1 aliphatic heterocycles. The largest absolute Gasteiger partial charge is 0.352 e. The smallest absolute Gasteiger partial charge is 0.321 e. The van der Waals surface area contributed by atoms with Gasteiger partial charge in [-0.1, -0.05) is 11.6 Å². The Morgan fingerprint density at radius 1 is 1.07 bits per heavy atom. The molecule has 148 valence electrons. The van der Waals surface area contributed by atoms with Gasteiger partial charge in [0.1, 0.15) is 12.1 Å². The highest BCUT2D eigenvalue weighted by Gasteiger charge is 2.23. The van der Waals surface area contributed by atoms with Crippen LogP contribution in [0, 0.1) is 17.0 Å². The zero-order valence-corrected chi connectivity index (χ0v) is 15.9. The second-order valence-corrected chi connectivity index (χ2v) is 6.93. The fraction of sp³-hybridized carbons (Fsp3) is 0.250. The summed E-state index contributed by atoms with van der Waals surface area (Å²) < 4.78 is 0. The summed E-state index contributed by atoms with van der Waals surface area (Å²) in [6, 6.07) is 11.7. The number of aryl methyl sites for hydroxylation is 1. The molecule has 4 rings (SSSR count). The average Bonchev–Trinajstić information content (AvgIpc) is 2.74. The van der Waals surface area contributed by atoms with Crippen LogP contribution < -0.4 is 10.2 Å². The molecule has 9 heteroatoms. The molecule has 2 amide bonds. The standard InChI is InChI=1S/C20H20N6O3/c1-14-2-7-18-17(12-14)19(22-13-21-18)24-8-10-25(11-9-24)20(27)23-15-3-5-16(6-4-15)26(28)29/h2-7,12-13H,8-11H2,1H3,(H,23,27). The number of rotatable bonds is 3. The Hall–Kier alpha value is -3.75. The molecule has 1 N–H and O–H groups in total. The lowest BCUT2D eigenvalue weighted by atomic mass is 10.1. The summed E-state index contributed by atoms with van der Waals surface area (Å²) in [4.78, 5) is 35.5. The first kappa shape index (κ1) is 18.6. The Kier molecular flexibility index (Phi) is 4.94. The lowest BCUT2D eigenvalue weighted by molar-refractivity contribution is -0.384. The van der Waals surface area contributed by atoms with Gasteiger partial charge in [0.05, 0.1) is 10.4 Å². The molecule has 0 bridgehead atoms. The first-order valence-corrected chi connectivity index (χ1v) is 9.28. The maximum atomic E-state index is 12.5. The fourth-order valence-corrected chi connectivity index (χ4v) is 3.40. The van der Waals surface area contributed by atoms with Crippen LogP contribution >= 0.6 is 0 Å². The second kappa shape index (κ2) is 7.70. The number of hydrogen-bond donors (Lipinski definition) is 1. The predicted octanol–water partition coefficient (Wildman–Crippen LogP) is 3.20. The van der Waals surface area contributed by atoms with Crippen LogP contribution in [-0.2, 0) is 0 Å². The van der Waals surface area contributed by atoms with E-state index in [1.807, 2.05) is 19.1 Å². The van der Waals surface area contributed by atoms with Crippen LogP contribution in [-0.4, -0.2) is 52.0 Å². The van der Waals surface area contributed by atoms with E-state index in [4.69, 9.17) is 0 Å². The molecule has 1 aromatic heterocycles. The van der Waals surface area contributed by atoms with Crippen molar-refractivity contribution >= 4 is 34.1 Å². The number of benzene rings is 2. The molecule has 0 radical (unpaired) electrons. The van der Waals surface area contributed by atoms with E-state index < -0.39 is 4.92 Å². The Labute approximate surface area is 167 Å².